The number of nitro benzene ring substituents is 1. The fraction of sp³-hybridized carbons (Fsp3) is 0.400. The van der Waals surface area contributed by atoms with E-state index in [1.165, 1.54) is 18.2 Å². The number of phenolic OH excluding ortho intramolecular Hbond substituents is 1. The highest BCUT2D eigenvalue weighted by Gasteiger charge is 2.09. The number of benzene rings is 1. The largest absolute Gasteiger partial charge is 0.508 e. The van der Waals surface area contributed by atoms with Gasteiger partial charge in [0, 0.05) is 30.8 Å². The van der Waals surface area contributed by atoms with Crippen LogP contribution >= 0.6 is 0 Å². The molecule has 0 radical (unpaired) electrons. The van der Waals surface area contributed by atoms with E-state index in [9.17, 15) is 15.2 Å². The summed E-state index contributed by atoms with van der Waals surface area (Å²) in [5.41, 5.74) is 0.376. The molecule has 0 aromatic heterocycles. The van der Waals surface area contributed by atoms with Gasteiger partial charge in [0.1, 0.15) is 5.75 Å². The van der Waals surface area contributed by atoms with Gasteiger partial charge in [-0.15, -0.1) is 0 Å². The second kappa shape index (κ2) is 5.43. The first-order valence-electron chi connectivity index (χ1n) is 4.85. The Morgan fingerprint density at radius 3 is 2.81 bits per heavy atom. The van der Waals surface area contributed by atoms with Crippen molar-refractivity contribution in [1.29, 1.82) is 0 Å². The van der Waals surface area contributed by atoms with Crippen molar-refractivity contribution in [1.82, 2.24) is 5.32 Å². The number of aliphatic hydroxyl groups excluding tert-OH is 1. The minimum atomic E-state index is -0.516. The van der Waals surface area contributed by atoms with Crippen LogP contribution in [-0.4, -0.2) is 27.8 Å². The highest BCUT2D eigenvalue weighted by Crippen LogP contribution is 2.22. The van der Waals surface area contributed by atoms with E-state index in [0.717, 1.165) is 0 Å². The number of rotatable bonds is 5. The topological polar surface area (TPSA) is 95.6 Å². The molecule has 1 rings (SSSR count). The molecule has 0 aliphatic heterocycles. The molecule has 0 fully saturated rings. The summed E-state index contributed by atoms with van der Waals surface area (Å²) in [6.45, 7) is 2.26. The number of hydrogen-bond donors (Lipinski definition) is 3. The third kappa shape index (κ3) is 3.48. The number of non-ortho nitro benzene ring substituents is 1. The zero-order valence-electron chi connectivity index (χ0n) is 8.88. The zero-order valence-corrected chi connectivity index (χ0v) is 8.88. The number of phenols is 1. The van der Waals surface area contributed by atoms with Crippen LogP contribution in [0, 0.1) is 10.1 Å². The van der Waals surface area contributed by atoms with Crippen molar-refractivity contribution in [3.8, 4) is 5.75 Å². The first kappa shape index (κ1) is 12.4. The zero-order chi connectivity index (χ0) is 12.1. The lowest BCUT2D eigenvalue weighted by Crippen LogP contribution is -2.23. The van der Waals surface area contributed by atoms with E-state index in [1.54, 1.807) is 6.92 Å². The van der Waals surface area contributed by atoms with E-state index in [4.69, 9.17) is 5.11 Å². The van der Waals surface area contributed by atoms with E-state index >= 15 is 0 Å². The summed E-state index contributed by atoms with van der Waals surface area (Å²) in [7, 11) is 0. The molecule has 0 aliphatic carbocycles. The highest BCUT2D eigenvalue weighted by atomic mass is 16.6. The summed E-state index contributed by atoms with van der Waals surface area (Å²) < 4.78 is 0. The Kier molecular flexibility index (Phi) is 4.21. The van der Waals surface area contributed by atoms with Crippen LogP contribution in [-0.2, 0) is 6.54 Å². The van der Waals surface area contributed by atoms with Crippen LogP contribution in [0.25, 0.3) is 0 Å². The van der Waals surface area contributed by atoms with Crippen molar-refractivity contribution in [2.45, 2.75) is 19.6 Å². The molecule has 0 amide bonds. The van der Waals surface area contributed by atoms with Crippen molar-refractivity contribution in [3.63, 3.8) is 0 Å². The Morgan fingerprint density at radius 2 is 2.25 bits per heavy atom. The minimum Gasteiger partial charge on any atom is -0.508 e. The van der Waals surface area contributed by atoms with Gasteiger partial charge < -0.3 is 15.5 Å². The summed E-state index contributed by atoms with van der Waals surface area (Å²) in [4.78, 5) is 9.99. The van der Waals surface area contributed by atoms with Crippen molar-refractivity contribution in [3.05, 3.63) is 33.9 Å². The SMILES string of the molecule is C[C@@H](O)CNCc1cc([N+](=O)[O-])ccc1O. The van der Waals surface area contributed by atoms with Crippen LogP contribution in [0.5, 0.6) is 5.75 Å². The predicted molar refractivity (Wildman–Crippen MR) is 58.1 cm³/mol. The van der Waals surface area contributed by atoms with Gasteiger partial charge in [-0.1, -0.05) is 0 Å². The van der Waals surface area contributed by atoms with Crippen molar-refractivity contribution in [2.24, 2.45) is 0 Å². The van der Waals surface area contributed by atoms with E-state index < -0.39 is 11.0 Å². The third-order valence-electron chi connectivity index (χ3n) is 2.03. The number of hydrogen-bond acceptors (Lipinski definition) is 5. The average molecular weight is 226 g/mol. The first-order valence-corrected chi connectivity index (χ1v) is 4.85. The molecule has 6 nitrogen and oxygen atoms in total. The molecular formula is C10H14N2O4. The van der Waals surface area contributed by atoms with Gasteiger partial charge in [-0.2, -0.15) is 0 Å². The maximum absolute atomic E-state index is 10.5. The molecule has 0 heterocycles. The average Bonchev–Trinajstić information content (AvgIpc) is 2.20. The van der Waals surface area contributed by atoms with Gasteiger partial charge in [0.2, 0.25) is 0 Å². The van der Waals surface area contributed by atoms with Gasteiger partial charge >= 0.3 is 0 Å². The Balaban J connectivity index is 2.70. The van der Waals surface area contributed by atoms with Crippen LogP contribution in [0.1, 0.15) is 12.5 Å². The molecule has 0 saturated heterocycles. The van der Waals surface area contributed by atoms with Crippen LogP contribution in [0.3, 0.4) is 0 Å². The number of nitrogens with one attached hydrogen (secondary N) is 1. The summed E-state index contributed by atoms with van der Waals surface area (Å²) in [6, 6.07) is 3.84. The van der Waals surface area contributed by atoms with Gasteiger partial charge in [-0.05, 0) is 13.0 Å². The number of nitrogens with zero attached hydrogens (tertiary/aromatic N) is 1. The lowest BCUT2D eigenvalue weighted by molar-refractivity contribution is -0.384. The van der Waals surface area contributed by atoms with Gasteiger partial charge in [-0.25, -0.2) is 0 Å². The second-order valence-corrected chi connectivity index (χ2v) is 3.55. The summed E-state index contributed by atoms with van der Waals surface area (Å²) in [5, 5.41) is 31.9. The van der Waals surface area contributed by atoms with Crippen molar-refractivity contribution in [2.75, 3.05) is 6.54 Å². The molecule has 1 atom stereocenters. The standard InChI is InChI=1S/C10H14N2O4/c1-7(13)5-11-6-8-4-9(12(15)16)2-3-10(8)14/h2-4,7,11,13-14H,5-6H2,1H3/t7-/m1/s1. The van der Waals surface area contributed by atoms with E-state index in [-0.39, 0.29) is 18.0 Å². The van der Waals surface area contributed by atoms with E-state index in [2.05, 4.69) is 5.32 Å². The molecule has 1 aromatic rings. The molecule has 16 heavy (non-hydrogen) atoms. The predicted octanol–water partition coefficient (Wildman–Crippen LogP) is 0.771. The van der Waals surface area contributed by atoms with Gasteiger partial charge in [0.05, 0.1) is 11.0 Å². The molecular weight excluding hydrogens is 212 g/mol. The van der Waals surface area contributed by atoms with Crippen molar-refractivity contribution >= 4 is 5.69 Å². The lowest BCUT2D eigenvalue weighted by atomic mass is 10.1. The number of aliphatic hydroxyl groups is 1. The Labute approximate surface area is 92.7 Å². The number of aromatic hydroxyl groups is 1. The Morgan fingerprint density at radius 1 is 1.56 bits per heavy atom. The van der Waals surface area contributed by atoms with Gasteiger partial charge in [0.15, 0.2) is 0 Å². The Bertz CT molecular complexity index is 379. The van der Waals surface area contributed by atoms with Crippen LogP contribution in [0.4, 0.5) is 5.69 Å². The van der Waals surface area contributed by atoms with Crippen molar-refractivity contribution < 1.29 is 15.1 Å². The normalized spacial score (nSPS) is 12.4. The molecule has 1 aromatic carbocycles. The monoisotopic (exact) mass is 226 g/mol. The molecule has 88 valence electrons. The lowest BCUT2D eigenvalue weighted by Gasteiger charge is -2.08. The molecule has 0 unspecified atom stereocenters. The molecule has 0 saturated carbocycles. The smallest absolute Gasteiger partial charge is 0.270 e. The highest BCUT2D eigenvalue weighted by molar-refractivity contribution is 5.42. The molecule has 0 aliphatic rings. The van der Waals surface area contributed by atoms with Crippen LogP contribution in [0.2, 0.25) is 0 Å². The second-order valence-electron chi connectivity index (χ2n) is 3.55. The molecule has 0 bridgehead atoms. The Hall–Kier alpha value is -1.66. The van der Waals surface area contributed by atoms with Gasteiger partial charge in [0.25, 0.3) is 5.69 Å². The van der Waals surface area contributed by atoms with Gasteiger partial charge in [-0.3, -0.25) is 10.1 Å². The molecule has 0 spiro atoms. The number of nitro groups is 1. The summed E-state index contributed by atoms with van der Waals surface area (Å²) in [5.74, 6) is 0.00342. The maximum Gasteiger partial charge on any atom is 0.270 e. The maximum atomic E-state index is 10.5. The summed E-state index contributed by atoms with van der Waals surface area (Å²) >= 11 is 0. The minimum absolute atomic E-state index is 0.00342. The van der Waals surface area contributed by atoms with Crippen LogP contribution in [0.15, 0.2) is 18.2 Å². The van der Waals surface area contributed by atoms with E-state index in [0.29, 0.717) is 12.1 Å². The quantitative estimate of drug-likeness (QED) is 0.509. The fourth-order valence-electron chi connectivity index (χ4n) is 1.24. The van der Waals surface area contributed by atoms with E-state index in [1.807, 2.05) is 0 Å². The third-order valence-corrected chi connectivity index (χ3v) is 2.03. The molecule has 3 N–H and O–H groups in total. The summed E-state index contributed by atoms with van der Waals surface area (Å²) in [6.07, 6.45) is -0.499. The van der Waals surface area contributed by atoms with Crippen LogP contribution < -0.4 is 5.32 Å². The fourth-order valence-corrected chi connectivity index (χ4v) is 1.24. The first-order chi connectivity index (χ1) is 7.50. The molecule has 6 heteroatoms.